The fraction of sp³-hybridized carbons (Fsp3) is 0. The Morgan fingerprint density at radius 1 is 1.54 bits per heavy atom. The molecule has 0 bridgehead atoms. The zero-order valence-electron chi connectivity index (χ0n) is 6.34. The third kappa shape index (κ3) is 1.21. The van der Waals surface area contributed by atoms with Gasteiger partial charge in [0, 0.05) is 4.91 Å². The number of aromatic nitrogens is 4. The fourth-order valence-corrected chi connectivity index (χ4v) is 0.898. The molecule has 3 N–H and O–H groups in total. The number of azide groups is 1. The summed E-state index contributed by atoms with van der Waals surface area (Å²) >= 11 is 0. The number of rotatable bonds is 1. The van der Waals surface area contributed by atoms with Crippen LogP contribution in [0, 0.1) is 0 Å². The molecule has 64 valence electrons. The van der Waals surface area contributed by atoms with Crippen LogP contribution in [0.25, 0.3) is 21.6 Å². The fourth-order valence-electron chi connectivity index (χ4n) is 0.898. The van der Waals surface area contributed by atoms with E-state index in [4.69, 9.17) is 11.3 Å². The van der Waals surface area contributed by atoms with Gasteiger partial charge in [-0.15, -0.1) is 0 Å². The Kier molecular flexibility index (Phi) is 1.47. The molecule has 0 atom stereocenters. The van der Waals surface area contributed by atoms with E-state index in [1.54, 1.807) is 0 Å². The number of H-pyrrole nitrogens is 1. The summed E-state index contributed by atoms with van der Waals surface area (Å²) in [5.74, 6) is 0.281. The molecule has 8 nitrogen and oxygen atoms in total. The van der Waals surface area contributed by atoms with Crippen LogP contribution < -0.4 is 5.73 Å². The van der Waals surface area contributed by atoms with E-state index >= 15 is 0 Å². The molecule has 0 aliphatic heterocycles. The van der Waals surface area contributed by atoms with E-state index in [1.807, 2.05) is 0 Å². The number of anilines is 1. The molecule has 0 aliphatic rings. The first-order valence-corrected chi connectivity index (χ1v) is 3.33. The average Bonchev–Trinajstić information content (AvgIpc) is 2.46. The lowest BCUT2D eigenvalue weighted by molar-refractivity contribution is 1.21. The average molecular weight is 176 g/mol. The first-order valence-electron chi connectivity index (χ1n) is 3.33. The molecule has 8 heteroatoms. The van der Waals surface area contributed by atoms with Crippen LogP contribution in [0.4, 0.5) is 11.9 Å². The van der Waals surface area contributed by atoms with Crippen LogP contribution in [0.3, 0.4) is 0 Å². The maximum absolute atomic E-state index is 8.14. The summed E-state index contributed by atoms with van der Waals surface area (Å²) in [6.07, 6.45) is 1.47. The van der Waals surface area contributed by atoms with Crippen molar-refractivity contribution in [1.29, 1.82) is 0 Å². The highest BCUT2D eigenvalue weighted by molar-refractivity contribution is 5.72. The second kappa shape index (κ2) is 2.61. The van der Waals surface area contributed by atoms with Gasteiger partial charge in [-0.25, -0.2) is 9.97 Å². The number of imidazole rings is 1. The van der Waals surface area contributed by atoms with Crippen molar-refractivity contribution in [3.8, 4) is 0 Å². The highest BCUT2D eigenvalue weighted by atomic mass is 15.2. The van der Waals surface area contributed by atoms with E-state index in [0.29, 0.717) is 11.2 Å². The maximum atomic E-state index is 8.14. The van der Waals surface area contributed by atoms with Crippen molar-refractivity contribution in [2.45, 2.75) is 0 Å². The Morgan fingerprint density at radius 3 is 3.15 bits per heavy atom. The predicted molar refractivity (Wildman–Crippen MR) is 44.9 cm³/mol. The van der Waals surface area contributed by atoms with Crippen LogP contribution in [0.15, 0.2) is 11.3 Å². The van der Waals surface area contributed by atoms with E-state index in [2.05, 4.69) is 30.0 Å². The quantitative estimate of drug-likeness (QED) is 0.379. The molecule has 13 heavy (non-hydrogen) atoms. The number of nitrogen functional groups attached to an aromatic ring is 1. The van der Waals surface area contributed by atoms with Crippen molar-refractivity contribution in [2.75, 3.05) is 5.73 Å². The van der Waals surface area contributed by atoms with E-state index < -0.39 is 0 Å². The number of hydrogen-bond donors (Lipinski definition) is 2. The van der Waals surface area contributed by atoms with Gasteiger partial charge >= 0.3 is 0 Å². The third-order valence-corrected chi connectivity index (χ3v) is 1.38. The largest absolute Gasteiger partial charge is 0.368 e. The second-order valence-corrected chi connectivity index (χ2v) is 2.22. The van der Waals surface area contributed by atoms with E-state index in [0.717, 1.165) is 0 Å². The van der Waals surface area contributed by atoms with Gasteiger partial charge in [-0.3, -0.25) is 0 Å². The van der Waals surface area contributed by atoms with Crippen molar-refractivity contribution in [3.05, 3.63) is 16.6 Å². The van der Waals surface area contributed by atoms with E-state index in [-0.39, 0.29) is 11.9 Å². The topological polar surface area (TPSA) is 129 Å². The molecule has 0 saturated carbocycles. The molecule has 0 radical (unpaired) electrons. The molecule has 2 aromatic heterocycles. The molecule has 2 heterocycles. The van der Waals surface area contributed by atoms with E-state index in [9.17, 15) is 0 Å². The van der Waals surface area contributed by atoms with Crippen molar-refractivity contribution < 1.29 is 0 Å². The monoisotopic (exact) mass is 176 g/mol. The first-order chi connectivity index (χ1) is 6.29. The number of nitrogens with one attached hydrogen (secondary N) is 1. The molecule has 0 fully saturated rings. The highest BCUT2D eigenvalue weighted by Gasteiger charge is 2.02. The van der Waals surface area contributed by atoms with Gasteiger partial charge in [0.1, 0.15) is 5.52 Å². The summed E-state index contributed by atoms with van der Waals surface area (Å²) in [4.78, 5) is 16.7. The minimum absolute atomic E-state index is 0.131. The van der Waals surface area contributed by atoms with Gasteiger partial charge in [0.15, 0.2) is 11.6 Å². The van der Waals surface area contributed by atoms with Gasteiger partial charge in [-0.2, -0.15) is 4.98 Å². The molecule has 0 amide bonds. The Labute approximate surface area is 71.5 Å². The summed E-state index contributed by atoms with van der Waals surface area (Å²) in [5, 5.41) is 3.28. The second-order valence-electron chi connectivity index (χ2n) is 2.22. The van der Waals surface area contributed by atoms with Gasteiger partial charge in [0.05, 0.1) is 6.20 Å². The number of nitrogens with two attached hydrogens (primary N) is 1. The Morgan fingerprint density at radius 2 is 2.38 bits per heavy atom. The summed E-state index contributed by atoms with van der Waals surface area (Å²) in [6.45, 7) is 0. The maximum Gasteiger partial charge on any atom is 0.222 e. The van der Waals surface area contributed by atoms with Gasteiger partial charge in [-0.05, 0) is 10.6 Å². The molecule has 0 aliphatic carbocycles. The standard InChI is InChI=1S/C5H4N8/c6-4-8-1-2-3(10-4)11-5(9-2)12-13-7/h1H,(H3,6,8,9,10,11). The molecule has 0 saturated heterocycles. The molecular formula is C5H4N8. The van der Waals surface area contributed by atoms with Gasteiger partial charge in [0.2, 0.25) is 5.95 Å². The Bertz CT molecular complexity index is 492. The van der Waals surface area contributed by atoms with Crippen LogP contribution >= 0.6 is 0 Å². The Balaban J connectivity index is 2.68. The van der Waals surface area contributed by atoms with Crippen LogP contribution in [0.1, 0.15) is 0 Å². The number of hydrogen-bond acceptors (Lipinski definition) is 5. The van der Waals surface area contributed by atoms with Crippen molar-refractivity contribution in [1.82, 2.24) is 19.9 Å². The van der Waals surface area contributed by atoms with Crippen LogP contribution in [0.2, 0.25) is 0 Å². The molecule has 0 aromatic carbocycles. The van der Waals surface area contributed by atoms with Gasteiger partial charge < -0.3 is 10.7 Å². The van der Waals surface area contributed by atoms with Crippen molar-refractivity contribution in [2.24, 2.45) is 5.11 Å². The van der Waals surface area contributed by atoms with Crippen molar-refractivity contribution in [3.63, 3.8) is 0 Å². The lowest BCUT2D eigenvalue weighted by atomic mass is 10.6. The van der Waals surface area contributed by atoms with Crippen LogP contribution in [0.5, 0.6) is 0 Å². The summed E-state index contributed by atoms with van der Waals surface area (Å²) in [5.41, 5.74) is 14.4. The molecular weight excluding hydrogens is 172 g/mol. The summed E-state index contributed by atoms with van der Waals surface area (Å²) < 4.78 is 0. The summed E-state index contributed by atoms with van der Waals surface area (Å²) in [6, 6.07) is 0. The summed E-state index contributed by atoms with van der Waals surface area (Å²) in [7, 11) is 0. The molecule has 0 unspecified atom stereocenters. The predicted octanol–water partition coefficient (Wildman–Crippen LogP) is 0.877. The first kappa shape index (κ1) is 7.32. The molecule has 2 rings (SSSR count). The lowest BCUT2D eigenvalue weighted by Crippen LogP contribution is -1.93. The molecule has 0 spiro atoms. The number of fused-ring (bicyclic) bond motifs is 1. The highest BCUT2D eigenvalue weighted by Crippen LogP contribution is 2.13. The van der Waals surface area contributed by atoms with E-state index in [1.165, 1.54) is 6.20 Å². The van der Waals surface area contributed by atoms with Crippen molar-refractivity contribution >= 4 is 23.1 Å². The minimum Gasteiger partial charge on any atom is -0.368 e. The van der Waals surface area contributed by atoms with Gasteiger partial charge in [-0.1, -0.05) is 0 Å². The molecule has 2 aromatic rings. The smallest absolute Gasteiger partial charge is 0.222 e. The van der Waals surface area contributed by atoms with Gasteiger partial charge in [0.25, 0.3) is 0 Å². The zero-order valence-corrected chi connectivity index (χ0v) is 6.34. The zero-order chi connectivity index (χ0) is 9.26. The lowest BCUT2D eigenvalue weighted by Gasteiger charge is -1.87. The Hall–Kier alpha value is -2.34. The SMILES string of the molecule is [N-]=[N+]=Nc1nc2nc(N)ncc2[nH]1. The van der Waals surface area contributed by atoms with Crippen LogP contribution in [-0.4, -0.2) is 19.9 Å². The minimum atomic E-state index is 0.131. The number of aromatic amines is 1. The van der Waals surface area contributed by atoms with Crippen LogP contribution in [-0.2, 0) is 0 Å². The normalized spacial score (nSPS) is 9.85. The third-order valence-electron chi connectivity index (χ3n) is 1.38. The number of nitrogens with zero attached hydrogens (tertiary/aromatic N) is 6.